The smallest absolute Gasteiger partial charge is 0.0114 e. The first-order chi connectivity index (χ1) is 16.8. The molecule has 0 aromatic heterocycles. The molecule has 0 fully saturated rings. The summed E-state index contributed by atoms with van der Waals surface area (Å²) in [6, 6.07) is 20.3. The van der Waals surface area contributed by atoms with Crippen LogP contribution in [0.15, 0.2) is 42.5 Å². The monoisotopic (exact) mass is 481 g/mol. The molecule has 0 nitrogen and oxygen atoms in total. The molecule has 0 saturated heterocycles. The molecule has 0 spiro atoms. The highest BCUT2D eigenvalue weighted by atomic mass is 14.3. The van der Waals surface area contributed by atoms with Crippen molar-refractivity contribution in [2.75, 3.05) is 0 Å². The lowest BCUT2D eigenvalue weighted by Gasteiger charge is -2.25. The van der Waals surface area contributed by atoms with Gasteiger partial charge in [0.15, 0.2) is 0 Å². The lowest BCUT2D eigenvalue weighted by atomic mass is 9.79. The lowest BCUT2D eigenvalue weighted by molar-refractivity contribution is 0.807. The summed E-state index contributed by atoms with van der Waals surface area (Å²) >= 11 is 0. The molecule has 0 heterocycles. The van der Waals surface area contributed by atoms with Crippen LogP contribution in [-0.4, -0.2) is 0 Å². The Morgan fingerprint density at radius 3 is 0.889 bits per heavy atom. The van der Waals surface area contributed by atoms with Gasteiger partial charge in [-0.1, -0.05) is 107 Å². The average Bonchev–Trinajstić information content (AvgIpc) is 2.81. The number of rotatable bonds is 8. The first-order valence-electron chi connectivity index (χ1n) is 14.2. The molecular formula is C36H49. The van der Waals surface area contributed by atoms with Crippen molar-refractivity contribution in [1.82, 2.24) is 0 Å². The standard InChI is InChI=1S/C36H49/c1-21(2)29-17-31(23(5)6)35(32(18-29)24(7)8)27-14-13-15-28(16-27)36-33(25(9)10)19-30(22(3)4)20-34(36)26(11)12/h14-26H,1-12H3. The zero-order chi connectivity index (χ0) is 26.9. The zero-order valence-corrected chi connectivity index (χ0v) is 25.0. The van der Waals surface area contributed by atoms with E-state index < -0.39 is 0 Å². The first-order valence-corrected chi connectivity index (χ1v) is 14.2. The Balaban J connectivity index is 2.36. The summed E-state index contributed by atoms with van der Waals surface area (Å²) < 4.78 is 0. The van der Waals surface area contributed by atoms with E-state index in [2.05, 4.69) is 132 Å². The summed E-state index contributed by atoms with van der Waals surface area (Å²) in [4.78, 5) is 0. The van der Waals surface area contributed by atoms with E-state index in [0.717, 1.165) is 0 Å². The molecule has 0 atom stereocenters. The second kappa shape index (κ2) is 11.4. The third-order valence-electron chi connectivity index (χ3n) is 7.63. The van der Waals surface area contributed by atoms with Gasteiger partial charge in [-0.3, -0.25) is 0 Å². The van der Waals surface area contributed by atoms with Crippen LogP contribution in [0, 0.1) is 6.07 Å². The maximum absolute atomic E-state index is 3.57. The van der Waals surface area contributed by atoms with Crippen molar-refractivity contribution in [1.29, 1.82) is 0 Å². The van der Waals surface area contributed by atoms with Crippen LogP contribution in [-0.2, 0) is 0 Å². The molecule has 1 radical (unpaired) electrons. The van der Waals surface area contributed by atoms with Gasteiger partial charge in [0.2, 0.25) is 0 Å². The fourth-order valence-electron chi connectivity index (χ4n) is 5.34. The minimum atomic E-state index is 0.461. The molecule has 3 aromatic rings. The highest BCUT2D eigenvalue weighted by Gasteiger charge is 2.22. The maximum Gasteiger partial charge on any atom is -0.0114 e. The Morgan fingerprint density at radius 1 is 0.389 bits per heavy atom. The van der Waals surface area contributed by atoms with E-state index >= 15 is 0 Å². The second-order valence-corrected chi connectivity index (χ2v) is 12.6. The summed E-state index contributed by atoms with van der Waals surface area (Å²) in [7, 11) is 0. The van der Waals surface area contributed by atoms with Crippen LogP contribution in [0.25, 0.3) is 22.3 Å². The fourth-order valence-corrected chi connectivity index (χ4v) is 5.34. The molecule has 0 bridgehead atoms. The summed E-state index contributed by atoms with van der Waals surface area (Å²) in [5.41, 5.74) is 14.1. The van der Waals surface area contributed by atoms with E-state index in [4.69, 9.17) is 0 Å². The molecule has 0 saturated carbocycles. The SMILES string of the molecule is CC(C)c1cc(C(C)C)c(-c2c[c]cc(-c3c(C(C)C)cc(C(C)C)cc3C(C)C)c2)c(C(C)C)c1. The van der Waals surface area contributed by atoms with Crippen molar-refractivity contribution in [3.05, 3.63) is 81.9 Å². The molecule has 3 rings (SSSR count). The Bertz CT molecular complexity index is 1040. The van der Waals surface area contributed by atoms with Crippen LogP contribution in [0.1, 0.15) is 152 Å². The molecule has 0 aliphatic rings. The van der Waals surface area contributed by atoms with Gasteiger partial charge in [0.05, 0.1) is 0 Å². The fraction of sp³-hybridized carbons (Fsp3) is 0.500. The van der Waals surface area contributed by atoms with Gasteiger partial charge in [0.25, 0.3) is 0 Å². The van der Waals surface area contributed by atoms with Crippen molar-refractivity contribution >= 4 is 0 Å². The molecule has 0 aliphatic heterocycles. The van der Waals surface area contributed by atoms with E-state index in [1.807, 2.05) is 0 Å². The van der Waals surface area contributed by atoms with Crippen molar-refractivity contribution in [3.8, 4) is 22.3 Å². The minimum Gasteiger partial charge on any atom is -0.0587 e. The van der Waals surface area contributed by atoms with Crippen molar-refractivity contribution in [2.24, 2.45) is 0 Å². The second-order valence-electron chi connectivity index (χ2n) is 12.6. The third-order valence-corrected chi connectivity index (χ3v) is 7.63. The van der Waals surface area contributed by atoms with Crippen molar-refractivity contribution < 1.29 is 0 Å². The minimum absolute atomic E-state index is 0.461. The van der Waals surface area contributed by atoms with Gasteiger partial charge in [-0.15, -0.1) is 0 Å². The molecule has 0 heteroatoms. The normalized spacial score (nSPS) is 12.3. The number of hydrogen-bond donors (Lipinski definition) is 0. The van der Waals surface area contributed by atoms with Gasteiger partial charge in [-0.25, -0.2) is 0 Å². The molecule has 0 aliphatic carbocycles. The van der Waals surface area contributed by atoms with Gasteiger partial charge < -0.3 is 0 Å². The van der Waals surface area contributed by atoms with Crippen LogP contribution in [0.5, 0.6) is 0 Å². The summed E-state index contributed by atoms with van der Waals surface area (Å²) in [5.74, 6) is 2.89. The van der Waals surface area contributed by atoms with Gasteiger partial charge >= 0.3 is 0 Å². The molecule has 36 heavy (non-hydrogen) atoms. The quantitative estimate of drug-likeness (QED) is 0.300. The molecule has 0 amide bonds. The first kappa shape index (κ1) is 28.2. The third kappa shape index (κ3) is 5.80. The largest absolute Gasteiger partial charge is 0.0587 e. The Labute approximate surface area is 222 Å². The number of hydrogen-bond acceptors (Lipinski definition) is 0. The zero-order valence-electron chi connectivity index (χ0n) is 25.0. The van der Waals surface area contributed by atoms with Crippen LogP contribution >= 0.6 is 0 Å². The van der Waals surface area contributed by atoms with E-state index in [0.29, 0.717) is 35.5 Å². The van der Waals surface area contributed by atoms with E-state index in [-0.39, 0.29) is 0 Å². The predicted molar refractivity (Wildman–Crippen MR) is 161 cm³/mol. The molecule has 0 unspecified atom stereocenters. The van der Waals surface area contributed by atoms with Gasteiger partial charge in [0, 0.05) is 0 Å². The van der Waals surface area contributed by atoms with Crippen LogP contribution in [0.4, 0.5) is 0 Å². The highest BCUT2D eigenvalue weighted by Crippen LogP contribution is 2.43. The topological polar surface area (TPSA) is 0 Å². The molecular weight excluding hydrogens is 432 g/mol. The summed E-state index contributed by atoms with van der Waals surface area (Å²) in [5, 5.41) is 0. The van der Waals surface area contributed by atoms with Crippen LogP contribution in [0.3, 0.4) is 0 Å². The Kier molecular flexibility index (Phi) is 8.92. The summed E-state index contributed by atoms with van der Waals surface area (Å²) in [6.45, 7) is 27.9. The molecule has 0 N–H and O–H groups in total. The summed E-state index contributed by atoms with van der Waals surface area (Å²) in [6.07, 6.45) is 0. The van der Waals surface area contributed by atoms with E-state index in [9.17, 15) is 0 Å². The average molecular weight is 482 g/mol. The molecule has 3 aromatic carbocycles. The van der Waals surface area contributed by atoms with Crippen molar-refractivity contribution in [2.45, 2.75) is 119 Å². The Hall–Kier alpha value is -2.34. The Morgan fingerprint density at radius 2 is 0.667 bits per heavy atom. The maximum atomic E-state index is 3.57. The van der Waals surface area contributed by atoms with Crippen LogP contribution < -0.4 is 0 Å². The van der Waals surface area contributed by atoms with Crippen LogP contribution in [0.2, 0.25) is 0 Å². The number of benzene rings is 3. The van der Waals surface area contributed by atoms with Gasteiger partial charge in [0.1, 0.15) is 0 Å². The lowest BCUT2D eigenvalue weighted by Crippen LogP contribution is -2.05. The molecule has 193 valence electrons. The van der Waals surface area contributed by atoms with Crippen molar-refractivity contribution in [3.63, 3.8) is 0 Å². The van der Waals surface area contributed by atoms with Gasteiger partial charge in [-0.2, -0.15) is 0 Å². The van der Waals surface area contributed by atoms with Gasteiger partial charge in [-0.05, 0) is 115 Å². The highest BCUT2D eigenvalue weighted by molar-refractivity contribution is 5.81. The van der Waals surface area contributed by atoms with E-state index in [1.54, 1.807) is 0 Å². The van der Waals surface area contributed by atoms with E-state index in [1.165, 1.54) is 55.6 Å². The predicted octanol–water partition coefficient (Wildman–Crippen LogP) is 11.6.